The number of ketones is 1. The van der Waals surface area contributed by atoms with Crippen molar-refractivity contribution in [1.82, 2.24) is 19.7 Å². The molecule has 7 heteroatoms. The molecule has 0 atom stereocenters. The fraction of sp³-hybridized carbons (Fsp3) is 0.161. The van der Waals surface area contributed by atoms with Crippen molar-refractivity contribution in [1.29, 1.82) is 0 Å². The minimum Gasteiger partial charge on any atom is -0.358 e. The van der Waals surface area contributed by atoms with E-state index in [2.05, 4.69) is 32.5 Å². The van der Waals surface area contributed by atoms with Crippen molar-refractivity contribution < 1.29 is 9.59 Å². The SMILES string of the molecule is O=C(Nc1cc(-c2[nH]c3c(c2Cc2ccccc2)C(=O)CCC3)ccn1)c1cnn(Cc2ccccc2)c1. The summed E-state index contributed by atoms with van der Waals surface area (Å²) in [5.74, 6) is 0.349. The van der Waals surface area contributed by atoms with Crippen LogP contribution in [0, 0.1) is 0 Å². The van der Waals surface area contributed by atoms with Crippen LogP contribution in [0.1, 0.15) is 55.9 Å². The molecule has 0 saturated heterocycles. The predicted octanol–water partition coefficient (Wildman–Crippen LogP) is 5.68. The number of anilines is 1. The van der Waals surface area contributed by atoms with Crippen molar-refractivity contribution in [3.63, 3.8) is 0 Å². The van der Waals surface area contributed by atoms with Crippen molar-refractivity contribution in [3.8, 4) is 11.3 Å². The lowest BCUT2D eigenvalue weighted by molar-refractivity contribution is 0.0970. The molecule has 6 rings (SSSR count). The zero-order valence-electron chi connectivity index (χ0n) is 20.9. The summed E-state index contributed by atoms with van der Waals surface area (Å²) >= 11 is 0. The highest BCUT2D eigenvalue weighted by Gasteiger charge is 2.27. The van der Waals surface area contributed by atoms with Gasteiger partial charge in [0.2, 0.25) is 0 Å². The van der Waals surface area contributed by atoms with Gasteiger partial charge in [-0.05, 0) is 41.7 Å². The molecule has 1 aliphatic carbocycles. The number of benzene rings is 2. The van der Waals surface area contributed by atoms with E-state index in [1.54, 1.807) is 23.3 Å². The first-order chi connectivity index (χ1) is 18.6. The van der Waals surface area contributed by atoms with E-state index in [9.17, 15) is 9.59 Å². The summed E-state index contributed by atoms with van der Waals surface area (Å²) in [5, 5.41) is 7.23. The molecule has 0 aliphatic heterocycles. The Hall–Kier alpha value is -4.78. The van der Waals surface area contributed by atoms with Gasteiger partial charge in [-0.3, -0.25) is 14.3 Å². The van der Waals surface area contributed by atoms with Gasteiger partial charge in [-0.15, -0.1) is 0 Å². The number of nitrogens with one attached hydrogen (secondary N) is 2. The lowest BCUT2D eigenvalue weighted by atomic mass is 9.90. The first-order valence-electron chi connectivity index (χ1n) is 12.8. The van der Waals surface area contributed by atoms with Crippen molar-refractivity contribution in [3.05, 3.63) is 125 Å². The van der Waals surface area contributed by atoms with Crippen LogP contribution in [0.25, 0.3) is 11.3 Å². The Morgan fingerprint density at radius 2 is 1.74 bits per heavy atom. The molecule has 1 amide bonds. The van der Waals surface area contributed by atoms with Gasteiger partial charge in [0.05, 0.1) is 24.0 Å². The highest BCUT2D eigenvalue weighted by molar-refractivity contribution is 6.04. The first kappa shape index (κ1) is 23.6. The van der Waals surface area contributed by atoms with Crippen LogP contribution in [-0.2, 0) is 19.4 Å². The number of carbonyl (C=O) groups excluding carboxylic acids is 2. The van der Waals surface area contributed by atoms with E-state index < -0.39 is 0 Å². The highest BCUT2D eigenvalue weighted by Crippen LogP contribution is 2.35. The molecule has 0 unspecified atom stereocenters. The number of aromatic amines is 1. The predicted molar refractivity (Wildman–Crippen MR) is 146 cm³/mol. The van der Waals surface area contributed by atoms with E-state index in [1.807, 2.05) is 60.7 Å². The zero-order chi connectivity index (χ0) is 25.9. The molecule has 0 saturated carbocycles. The van der Waals surface area contributed by atoms with Gasteiger partial charge in [0.1, 0.15) is 5.82 Å². The monoisotopic (exact) mass is 501 g/mol. The third-order valence-electron chi connectivity index (χ3n) is 6.89. The third kappa shape index (κ3) is 4.91. The van der Waals surface area contributed by atoms with E-state index in [1.165, 1.54) is 0 Å². The molecule has 0 radical (unpaired) electrons. The second-order valence-corrected chi connectivity index (χ2v) is 9.57. The third-order valence-corrected chi connectivity index (χ3v) is 6.89. The zero-order valence-corrected chi connectivity index (χ0v) is 20.9. The number of nitrogens with zero attached hydrogens (tertiary/aromatic N) is 3. The Balaban J connectivity index is 1.26. The number of aromatic nitrogens is 4. The molecule has 0 spiro atoms. The van der Waals surface area contributed by atoms with E-state index in [4.69, 9.17) is 0 Å². The fourth-order valence-electron chi connectivity index (χ4n) is 5.07. The lowest BCUT2D eigenvalue weighted by Gasteiger charge is -2.12. The van der Waals surface area contributed by atoms with E-state index in [0.717, 1.165) is 52.0 Å². The first-order valence-corrected chi connectivity index (χ1v) is 12.8. The van der Waals surface area contributed by atoms with Gasteiger partial charge >= 0.3 is 0 Å². The Kier molecular flexibility index (Phi) is 6.40. The van der Waals surface area contributed by atoms with Gasteiger partial charge in [0.25, 0.3) is 5.91 Å². The van der Waals surface area contributed by atoms with Crippen LogP contribution in [0.4, 0.5) is 5.82 Å². The number of rotatable bonds is 7. The number of amides is 1. The molecular weight excluding hydrogens is 474 g/mol. The number of fused-ring (bicyclic) bond motifs is 1. The number of aryl methyl sites for hydroxylation is 1. The summed E-state index contributed by atoms with van der Waals surface area (Å²) in [4.78, 5) is 33.8. The van der Waals surface area contributed by atoms with E-state index in [0.29, 0.717) is 30.8 Å². The molecule has 7 nitrogen and oxygen atoms in total. The van der Waals surface area contributed by atoms with Crippen LogP contribution < -0.4 is 5.32 Å². The minimum absolute atomic E-state index is 0.190. The number of carbonyl (C=O) groups is 2. The summed E-state index contributed by atoms with van der Waals surface area (Å²) in [5.41, 5.74) is 7.31. The highest BCUT2D eigenvalue weighted by atomic mass is 16.1. The van der Waals surface area contributed by atoms with Gasteiger partial charge in [0.15, 0.2) is 5.78 Å². The van der Waals surface area contributed by atoms with E-state index in [-0.39, 0.29) is 11.7 Å². The standard InChI is InChI=1S/C31H27N5O2/c37-27-13-7-12-26-29(27)25(16-21-8-3-1-4-9-21)30(34-26)23-14-15-32-28(17-23)35-31(38)24-18-33-36(20-24)19-22-10-5-2-6-11-22/h1-6,8-11,14-15,17-18,20,34H,7,12-13,16,19H2,(H,32,35,38). The van der Waals surface area contributed by atoms with Gasteiger partial charge in [-0.2, -0.15) is 5.10 Å². The normalized spacial score (nSPS) is 12.8. The molecule has 0 bridgehead atoms. The Labute approximate surface area is 220 Å². The molecule has 0 fully saturated rings. The van der Waals surface area contributed by atoms with Gasteiger partial charge in [-0.25, -0.2) is 4.98 Å². The van der Waals surface area contributed by atoms with Crippen molar-refractivity contribution in [2.45, 2.75) is 32.2 Å². The van der Waals surface area contributed by atoms with Gasteiger partial charge in [0, 0.05) is 42.1 Å². The van der Waals surface area contributed by atoms with Gasteiger partial charge < -0.3 is 10.3 Å². The van der Waals surface area contributed by atoms with E-state index >= 15 is 0 Å². The van der Waals surface area contributed by atoms with Crippen LogP contribution in [0.2, 0.25) is 0 Å². The minimum atomic E-state index is -0.278. The molecule has 5 aromatic rings. The maximum absolute atomic E-state index is 13.0. The molecule has 2 N–H and O–H groups in total. The summed E-state index contributed by atoms with van der Waals surface area (Å²) in [6, 6.07) is 23.9. The number of pyridine rings is 1. The van der Waals surface area contributed by atoms with Crippen LogP contribution >= 0.6 is 0 Å². The van der Waals surface area contributed by atoms with Crippen molar-refractivity contribution in [2.24, 2.45) is 0 Å². The maximum atomic E-state index is 13.0. The van der Waals surface area contributed by atoms with Crippen LogP contribution in [0.15, 0.2) is 91.4 Å². The molecule has 2 aromatic carbocycles. The Morgan fingerprint density at radius 1 is 0.974 bits per heavy atom. The summed E-state index contributed by atoms with van der Waals surface area (Å²) in [7, 11) is 0. The number of hydrogen-bond donors (Lipinski definition) is 2. The Bertz CT molecular complexity index is 1600. The number of Topliss-reactive ketones (excluding diaryl/α,β-unsaturated/α-hetero) is 1. The largest absolute Gasteiger partial charge is 0.358 e. The van der Waals surface area contributed by atoms with Crippen LogP contribution in [-0.4, -0.2) is 31.4 Å². The molecule has 188 valence electrons. The molecular formula is C31H27N5O2. The van der Waals surface area contributed by atoms with Gasteiger partial charge in [-0.1, -0.05) is 60.7 Å². The smallest absolute Gasteiger partial charge is 0.260 e. The average Bonchev–Trinajstić information content (AvgIpc) is 3.56. The molecule has 3 heterocycles. The average molecular weight is 502 g/mol. The molecule has 3 aromatic heterocycles. The second kappa shape index (κ2) is 10.3. The topological polar surface area (TPSA) is 92.7 Å². The summed E-state index contributed by atoms with van der Waals surface area (Å²) < 4.78 is 1.74. The van der Waals surface area contributed by atoms with Crippen molar-refractivity contribution in [2.75, 3.05) is 5.32 Å². The van der Waals surface area contributed by atoms with Crippen LogP contribution in [0.3, 0.4) is 0 Å². The maximum Gasteiger partial charge on any atom is 0.260 e. The fourth-order valence-corrected chi connectivity index (χ4v) is 5.07. The molecule has 1 aliphatic rings. The van der Waals surface area contributed by atoms with Crippen LogP contribution in [0.5, 0.6) is 0 Å². The summed E-state index contributed by atoms with van der Waals surface area (Å²) in [6.45, 7) is 0.586. The van der Waals surface area contributed by atoms with Crippen molar-refractivity contribution >= 4 is 17.5 Å². The number of H-pyrrole nitrogens is 1. The quantitative estimate of drug-likeness (QED) is 0.300. The summed E-state index contributed by atoms with van der Waals surface area (Å²) in [6.07, 6.45) is 7.90. The lowest BCUT2D eigenvalue weighted by Crippen LogP contribution is -2.12. The Morgan fingerprint density at radius 3 is 2.53 bits per heavy atom. The molecule has 38 heavy (non-hydrogen) atoms. The number of hydrogen-bond acceptors (Lipinski definition) is 4. The second-order valence-electron chi connectivity index (χ2n) is 9.57.